The molecule has 92 valence electrons. The summed E-state index contributed by atoms with van der Waals surface area (Å²) in [5, 5.41) is 3.08. The first kappa shape index (κ1) is 11.9. The molecule has 1 aliphatic carbocycles. The summed E-state index contributed by atoms with van der Waals surface area (Å²) in [6.45, 7) is 3.18. The van der Waals surface area contributed by atoms with Gasteiger partial charge in [0.05, 0.1) is 0 Å². The third-order valence-corrected chi connectivity index (χ3v) is 3.95. The number of carbonyl (C=O) groups is 1. The van der Waals surface area contributed by atoms with E-state index >= 15 is 0 Å². The van der Waals surface area contributed by atoms with Crippen molar-refractivity contribution in [2.24, 2.45) is 17.6 Å². The van der Waals surface area contributed by atoms with Crippen LogP contribution in [0.5, 0.6) is 0 Å². The molecule has 2 rings (SSSR count). The van der Waals surface area contributed by atoms with Crippen molar-refractivity contribution in [2.75, 3.05) is 26.7 Å². The first-order valence-corrected chi connectivity index (χ1v) is 6.37. The summed E-state index contributed by atoms with van der Waals surface area (Å²) in [5.74, 6) is 1.09. The van der Waals surface area contributed by atoms with Crippen LogP contribution in [-0.2, 0) is 4.79 Å². The highest BCUT2D eigenvalue weighted by molar-refractivity contribution is 5.79. The highest BCUT2D eigenvalue weighted by Crippen LogP contribution is 2.25. The topological polar surface area (TPSA) is 58.4 Å². The van der Waals surface area contributed by atoms with Gasteiger partial charge in [-0.1, -0.05) is 0 Å². The number of piperidine rings is 1. The molecule has 1 heterocycles. The predicted octanol–water partition coefficient (Wildman–Crippen LogP) is 0.182. The van der Waals surface area contributed by atoms with E-state index in [0.29, 0.717) is 5.92 Å². The molecule has 1 saturated heterocycles. The third-order valence-electron chi connectivity index (χ3n) is 3.95. The van der Waals surface area contributed by atoms with Crippen LogP contribution in [0.25, 0.3) is 0 Å². The van der Waals surface area contributed by atoms with E-state index in [0.717, 1.165) is 32.5 Å². The maximum Gasteiger partial charge on any atom is 0.223 e. The zero-order chi connectivity index (χ0) is 11.5. The van der Waals surface area contributed by atoms with Crippen molar-refractivity contribution < 1.29 is 4.79 Å². The average Bonchev–Trinajstić information content (AvgIpc) is 2.24. The summed E-state index contributed by atoms with van der Waals surface area (Å²) >= 11 is 0. The molecule has 0 aromatic heterocycles. The van der Waals surface area contributed by atoms with Crippen LogP contribution in [0.3, 0.4) is 0 Å². The van der Waals surface area contributed by atoms with Crippen LogP contribution < -0.4 is 11.1 Å². The number of nitrogens with zero attached hydrogens (tertiary/aromatic N) is 1. The number of carbonyl (C=O) groups excluding carboxylic acids is 1. The lowest BCUT2D eigenvalue weighted by atomic mass is 9.80. The van der Waals surface area contributed by atoms with Crippen LogP contribution >= 0.6 is 0 Å². The van der Waals surface area contributed by atoms with Crippen molar-refractivity contribution in [1.82, 2.24) is 10.2 Å². The number of hydrogen-bond acceptors (Lipinski definition) is 3. The van der Waals surface area contributed by atoms with Crippen LogP contribution in [-0.4, -0.2) is 43.5 Å². The molecule has 0 spiro atoms. The zero-order valence-electron chi connectivity index (χ0n) is 10.1. The summed E-state index contributed by atoms with van der Waals surface area (Å²) in [7, 11) is 2.16. The number of hydrogen-bond donors (Lipinski definition) is 2. The van der Waals surface area contributed by atoms with Gasteiger partial charge in [0.15, 0.2) is 0 Å². The number of nitrogens with two attached hydrogens (primary N) is 1. The van der Waals surface area contributed by atoms with Gasteiger partial charge in [-0.25, -0.2) is 0 Å². The molecule has 4 heteroatoms. The molecule has 0 bridgehead atoms. The molecule has 3 N–H and O–H groups in total. The van der Waals surface area contributed by atoms with E-state index < -0.39 is 0 Å². The Hall–Kier alpha value is -0.610. The minimum Gasteiger partial charge on any atom is -0.356 e. The Labute approximate surface area is 97.6 Å². The van der Waals surface area contributed by atoms with Gasteiger partial charge in [-0.05, 0) is 51.7 Å². The Morgan fingerprint density at radius 2 is 2.00 bits per heavy atom. The van der Waals surface area contributed by atoms with Crippen molar-refractivity contribution in [2.45, 2.75) is 31.7 Å². The van der Waals surface area contributed by atoms with Crippen LogP contribution in [0.15, 0.2) is 0 Å². The minimum atomic E-state index is 0.196. The van der Waals surface area contributed by atoms with Crippen LogP contribution in [0.4, 0.5) is 0 Å². The van der Waals surface area contributed by atoms with E-state index in [-0.39, 0.29) is 17.9 Å². The van der Waals surface area contributed by atoms with E-state index in [9.17, 15) is 4.79 Å². The Bertz CT molecular complexity index is 243. The minimum absolute atomic E-state index is 0.196. The Morgan fingerprint density at radius 1 is 1.38 bits per heavy atom. The third kappa shape index (κ3) is 2.95. The lowest BCUT2D eigenvalue weighted by Crippen LogP contribution is -2.46. The monoisotopic (exact) mass is 225 g/mol. The van der Waals surface area contributed by atoms with Gasteiger partial charge in [0.2, 0.25) is 5.91 Å². The van der Waals surface area contributed by atoms with Gasteiger partial charge < -0.3 is 16.0 Å². The van der Waals surface area contributed by atoms with Crippen molar-refractivity contribution in [1.29, 1.82) is 0 Å². The molecule has 1 amide bonds. The highest BCUT2D eigenvalue weighted by atomic mass is 16.1. The number of likely N-dealkylation sites (tertiary alicyclic amines) is 1. The van der Waals surface area contributed by atoms with Crippen molar-refractivity contribution in [3.05, 3.63) is 0 Å². The Morgan fingerprint density at radius 3 is 2.56 bits per heavy atom. The number of rotatable bonds is 3. The molecule has 0 aromatic rings. The van der Waals surface area contributed by atoms with Crippen molar-refractivity contribution in [3.8, 4) is 0 Å². The van der Waals surface area contributed by atoms with Gasteiger partial charge in [0.25, 0.3) is 0 Å². The second-order valence-corrected chi connectivity index (χ2v) is 5.42. The molecule has 0 radical (unpaired) electrons. The molecule has 4 nitrogen and oxygen atoms in total. The molecule has 1 saturated carbocycles. The molecule has 0 aromatic carbocycles. The summed E-state index contributed by atoms with van der Waals surface area (Å²) < 4.78 is 0. The largest absolute Gasteiger partial charge is 0.356 e. The summed E-state index contributed by atoms with van der Waals surface area (Å²) in [6, 6.07) is 0.263. The maximum absolute atomic E-state index is 11.7. The normalized spacial score (nSPS) is 32.1. The standard InChI is InChI=1S/C12H23N3O/c1-15-4-2-9(3-5-15)8-14-12(16)10-6-11(13)7-10/h9-11H,2-8,13H2,1H3,(H,14,16). The molecule has 1 aliphatic heterocycles. The Balaban J connectivity index is 1.62. The van der Waals surface area contributed by atoms with Gasteiger partial charge in [-0.2, -0.15) is 0 Å². The average molecular weight is 225 g/mol. The second-order valence-electron chi connectivity index (χ2n) is 5.42. The van der Waals surface area contributed by atoms with Gasteiger partial charge in [0, 0.05) is 18.5 Å². The van der Waals surface area contributed by atoms with E-state index in [1.165, 1.54) is 12.8 Å². The van der Waals surface area contributed by atoms with E-state index in [4.69, 9.17) is 5.73 Å². The Kier molecular flexibility index (Phi) is 3.82. The van der Waals surface area contributed by atoms with Gasteiger partial charge >= 0.3 is 0 Å². The lowest BCUT2D eigenvalue weighted by molar-refractivity contribution is -0.128. The number of nitrogens with one attached hydrogen (secondary N) is 1. The van der Waals surface area contributed by atoms with Gasteiger partial charge in [-0.15, -0.1) is 0 Å². The second kappa shape index (κ2) is 5.15. The quantitative estimate of drug-likeness (QED) is 0.720. The lowest BCUT2D eigenvalue weighted by Gasteiger charge is -2.33. The van der Waals surface area contributed by atoms with E-state index in [1.54, 1.807) is 0 Å². The molecule has 2 aliphatic rings. The van der Waals surface area contributed by atoms with Crippen LogP contribution in [0.1, 0.15) is 25.7 Å². The first-order chi connectivity index (χ1) is 7.65. The van der Waals surface area contributed by atoms with Gasteiger partial charge in [-0.3, -0.25) is 4.79 Å². The molecule has 0 unspecified atom stereocenters. The van der Waals surface area contributed by atoms with Crippen LogP contribution in [0.2, 0.25) is 0 Å². The highest BCUT2D eigenvalue weighted by Gasteiger charge is 2.32. The maximum atomic E-state index is 11.7. The molecule has 2 fully saturated rings. The SMILES string of the molecule is CN1CCC(CNC(=O)C2CC(N)C2)CC1. The van der Waals surface area contributed by atoms with Gasteiger partial charge in [0.1, 0.15) is 0 Å². The van der Waals surface area contributed by atoms with Crippen molar-refractivity contribution >= 4 is 5.91 Å². The molecular formula is C12H23N3O. The van der Waals surface area contributed by atoms with Crippen molar-refractivity contribution in [3.63, 3.8) is 0 Å². The fourth-order valence-corrected chi connectivity index (χ4v) is 2.53. The van der Waals surface area contributed by atoms with Crippen LogP contribution in [0, 0.1) is 11.8 Å². The molecule has 16 heavy (non-hydrogen) atoms. The summed E-state index contributed by atoms with van der Waals surface area (Å²) in [4.78, 5) is 14.1. The summed E-state index contributed by atoms with van der Waals surface area (Å²) in [5.41, 5.74) is 5.68. The summed E-state index contributed by atoms with van der Waals surface area (Å²) in [6.07, 6.45) is 4.17. The van der Waals surface area contributed by atoms with E-state index in [1.807, 2.05) is 0 Å². The molecular weight excluding hydrogens is 202 g/mol. The van der Waals surface area contributed by atoms with E-state index in [2.05, 4.69) is 17.3 Å². The predicted molar refractivity (Wildman–Crippen MR) is 63.9 cm³/mol. The smallest absolute Gasteiger partial charge is 0.223 e. The molecule has 0 atom stereocenters. The number of amides is 1. The first-order valence-electron chi connectivity index (χ1n) is 6.37. The fourth-order valence-electron chi connectivity index (χ4n) is 2.53. The fraction of sp³-hybridized carbons (Fsp3) is 0.917. The zero-order valence-corrected chi connectivity index (χ0v) is 10.1.